The van der Waals surface area contributed by atoms with Gasteiger partial charge in [0.25, 0.3) is 6.71 Å². The van der Waals surface area contributed by atoms with Crippen LogP contribution in [0.3, 0.4) is 0 Å². The van der Waals surface area contributed by atoms with Gasteiger partial charge in [0, 0.05) is 39.4 Å². The molecule has 0 amide bonds. The molecule has 0 saturated carbocycles. The topological polar surface area (TPSA) is 28.9 Å². The van der Waals surface area contributed by atoms with Crippen LogP contribution < -0.4 is 15.5 Å². The SMILES string of the molecule is CCC1=CC2=C3B(C4=C(OC5C=CC=CC45)N2c2ccccc2)c2oc4c5c(ccc4c2N(c2ccccc2)[C@H]3C1)C(C)(C)c1ccccc1-5. The molecule has 0 radical (unpaired) electrons. The Bertz CT molecular complexity index is 2430. The first-order valence-electron chi connectivity index (χ1n) is 18.1. The van der Waals surface area contributed by atoms with Crippen molar-refractivity contribution >= 4 is 40.4 Å². The second kappa shape index (κ2) is 10.1. The first kappa shape index (κ1) is 28.4. The normalized spacial score (nSPS) is 23.3. The van der Waals surface area contributed by atoms with Gasteiger partial charge in [-0.05, 0) is 83.0 Å². The number of para-hydroxylation sites is 2. The Morgan fingerprint density at radius 2 is 1.54 bits per heavy atom. The maximum absolute atomic E-state index is 7.51. The highest BCUT2D eigenvalue weighted by molar-refractivity contribution is 6.88. The lowest BCUT2D eigenvalue weighted by Gasteiger charge is -2.48. The standard InChI is InChI=1S/C45H37BN2O2/c1-4-27-25-35-40-36(26-27)48(29-17-9-6-10-18-29)44-39(31-20-12-14-22-37(31)49-44)46(40)43-41(47(35)28-15-7-5-8-16-28)32-23-24-34-38(42(32)50-43)30-19-11-13-21-33(30)45(34,2)3/h5-24,26,31,35,37H,4,25H2,1-3H3/t31?,35-,37?/m0/s1. The van der Waals surface area contributed by atoms with Gasteiger partial charge in [0.15, 0.2) is 5.88 Å². The van der Waals surface area contributed by atoms with Gasteiger partial charge in [-0.3, -0.25) is 4.90 Å². The third-order valence-corrected chi connectivity index (χ3v) is 12.2. The van der Waals surface area contributed by atoms with E-state index >= 15 is 0 Å². The number of rotatable bonds is 3. The molecule has 50 heavy (non-hydrogen) atoms. The fourth-order valence-corrected chi connectivity index (χ4v) is 9.93. The minimum absolute atomic E-state index is 0.0477. The van der Waals surface area contributed by atoms with Crippen molar-refractivity contribution in [2.24, 2.45) is 5.92 Å². The van der Waals surface area contributed by atoms with Crippen LogP contribution in [0.4, 0.5) is 17.1 Å². The van der Waals surface area contributed by atoms with E-state index in [1.54, 1.807) is 0 Å². The number of ether oxygens (including phenoxy) is 1. The third-order valence-electron chi connectivity index (χ3n) is 12.2. The highest BCUT2D eigenvalue weighted by Gasteiger charge is 2.57. The molecule has 2 unspecified atom stereocenters. The summed E-state index contributed by atoms with van der Waals surface area (Å²) in [5, 5.41) is 1.19. The summed E-state index contributed by atoms with van der Waals surface area (Å²) >= 11 is 0. The predicted molar refractivity (Wildman–Crippen MR) is 204 cm³/mol. The molecule has 4 nitrogen and oxygen atoms in total. The van der Waals surface area contributed by atoms with Crippen molar-refractivity contribution in [1.82, 2.24) is 0 Å². The fourth-order valence-electron chi connectivity index (χ4n) is 9.93. The minimum atomic E-state index is -0.112. The van der Waals surface area contributed by atoms with Gasteiger partial charge in [0.05, 0.1) is 17.4 Å². The number of benzene rings is 4. The third kappa shape index (κ3) is 3.57. The molecular formula is C45H37BN2O2. The molecule has 4 heterocycles. The predicted octanol–water partition coefficient (Wildman–Crippen LogP) is 9.91. The molecule has 11 rings (SSSR count). The second-order valence-corrected chi connectivity index (χ2v) is 15.0. The lowest BCUT2D eigenvalue weighted by Crippen LogP contribution is -2.57. The number of hydrogen-bond acceptors (Lipinski definition) is 4. The summed E-state index contributed by atoms with van der Waals surface area (Å²) in [5.74, 6) is 1.07. The molecule has 3 aliphatic heterocycles. The Morgan fingerprint density at radius 3 is 2.34 bits per heavy atom. The maximum Gasteiger partial charge on any atom is 0.293 e. The molecule has 3 aliphatic carbocycles. The van der Waals surface area contributed by atoms with E-state index in [1.807, 2.05) is 0 Å². The summed E-state index contributed by atoms with van der Waals surface area (Å²) in [6.45, 7) is 6.94. The number of hydrogen-bond donors (Lipinski definition) is 0. The van der Waals surface area contributed by atoms with Crippen LogP contribution in [-0.4, -0.2) is 18.9 Å². The molecule has 4 aromatic carbocycles. The summed E-state index contributed by atoms with van der Waals surface area (Å²) in [7, 11) is 0. The van der Waals surface area contributed by atoms with E-state index in [9.17, 15) is 0 Å². The van der Waals surface area contributed by atoms with Crippen molar-refractivity contribution in [3.63, 3.8) is 0 Å². The number of nitrogens with zero attached hydrogens (tertiary/aromatic N) is 2. The van der Waals surface area contributed by atoms with Crippen LogP contribution in [0.25, 0.3) is 22.1 Å². The van der Waals surface area contributed by atoms with Crippen molar-refractivity contribution in [3.8, 4) is 11.1 Å². The molecule has 242 valence electrons. The van der Waals surface area contributed by atoms with Gasteiger partial charge in [0.1, 0.15) is 11.7 Å². The van der Waals surface area contributed by atoms with Gasteiger partial charge in [-0.15, -0.1) is 0 Å². The molecule has 0 N–H and O–H groups in total. The Labute approximate surface area is 293 Å². The zero-order valence-electron chi connectivity index (χ0n) is 28.6. The zero-order chi connectivity index (χ0) is 33.3. The quantitative estimate of drug-likeness (QED) is 0.182. The molecule has 5 heteroatoms. The number of anilines is 3. The van der Waals surface area contributed by atoms with Crippen molar-refractivity contribution < 1.29 is 9.15 Å². The van der Waals surface area contributed by atoms with E-state index in [0.29, 0.717) is 0 Å². The van der Waals surface area contributed by atoms with Crippen LogP contribution >= 0.6 is 0 Å². The average molecular weight is 649 g/mol. The second-order valence-electron chi connectivity index (χ2n) is 15.0. The summed E-state index contributed by atoms with van der Waals surface area (Å²) in [6, 6.07) is 35.5. The maximum atomic E-state index is 7.51. The highest BCUT2D eigenvalue weighted by atomic mass is 16.5. The van der Waals surface area contributed by atoms with Crippen molar-refractivity contribution in [3.05, 3.63) is 167 Å². The molecule has 5 aromatic rings. The van der Waals surface area contributed by atoms with Crippen molar-refractivity contribution in [2.45, 2.75) is 51.2 Å². The molecule has 0 spiro atoms. The first-order valence-corrected chi connectivity index (χ1v) is 18.1. The lowest BCUT2D eigenvalue weighted by atomic mass is 9.31. The van der Waals surface area contributed by atoms with E-state index in [0.717, 1.165) is 35.7 Å². The molecule has 3 atom stereocenters. The number of allylic oxidation sites excluding steroid dienone is 3. The summed E-state index contributed by atoms with van der Waals surface area (Å²) in [6.07, 6.45) is 13.2. The van der Waals surface area contributed by atoms with E-state index in [4.69, 9.17) is 9.15 Å². The Balaban J connectivity index is 1.27. The molecule has 0 bridgehead atoms. The van der Waals surface area contributed by atoms with Crippen LogP contribution in [0.2, 0.25) is 0 Å². The average Bonchev–Trinajstić information content (AvgIpc) is 3.80. The Morgan fingerprint density at radius 1 is 0.800 bits per heavy atom. The van der Waals surface area contributed by atoms with Crippen LogP contribution in [0.15, 0.2) is 160 Å². The van der Waals surface area contributed by atoms with E-state index in [-0.39, 0.29) is 30.2 Å². The van der Waals surface area contributed by atoms with Crippen LogP contribution in [0.5, 0.6) is 0 Å². The van der Waals surface area contributed by atoms with E-state index in [1.165, 1.54) is 61.2 Å². The van der Waals surface area contributed by atoms with Gasteiger partial charge < -0.3 is 14.1 Å². The molecule has 0 saturated heterocycles. The van der Waals surface area contributed by atoms with Gasteiger partial charge >= 0.3 is 0 Å². The van der Waals surface area contributed by atoms with Crippen LogP contribution in [-0.2, 0) is 10.2 Å². The molecule has 6 aliphatic rings. The summed E-state index contributed by atoms with van der Waals surface area (Å²) < 4.78 is 14.5. The van der Waals surface area contributed by atoms with Crippen LogP contribution in [0, 0.1) is 5.92 Å². The molecule has 0 fully saturated rings. The molecule has 1 aromatic heterocycles. The highest BCUT2D eigenvalue weighted by Crippen LogP contribution is 2.57. The van der Waals surface area contributed by atoms with Crippen molar-refractivity contribution in [2.75, 3.05) is 9.80 Å². The fraction of sp³-hybridized carbons (Fsp3) is 0.200. The zero-order valence-corrected chi connectivity index (χ0v) is 28.6. The minimum Gasteiger partial charge on any atom is -0.471 e. The van der Waals surface area contributed by atoms with Gasteiger partial charge in [-0.25, -0.2) is 0 Å². The lowest BCUT2D eigenvalue weighted by molar-refractivity contribution is 0.161. The Kier molecular flexibility index (Phi) is 5.73. The van der Waals surface area contributed by atoms with Crippen LogP contribution in [0.1, 0.15) is 44.7 Å². The summed E-state index contributed by atoms with van der Waals surface area (Å²) in [5.41, 5.74) is 16.0. The van der Waals surface area contributed by atoms with E-state index in [2.05, 4.69) is 158 Å². The van der Waals surface area contributed by atoms with Crippen molar-refractivity contribution in [1.29, 1.82) is 0 Å². The largest absolute Gasteiger partial charge is 0.471 e. The number of furan rings is 1. The van der Waals surface area contributed by atoms with Gasteiger partial charge in [0.2, 0.25) is 0 Å². The first-order chi connectivity index (χ1) is 24.5. The van der Waals surface area contributed by atoms with Gasteiger partial charge in [-0.2, -0.15) is 0 Å². The Hall–Kier alpha value is -5.42. The molecular weight excluding hydrogens is 611 g/mol. The van der Waals surface area contributed by atoms with Gasteiger partial charge in [-0.1, -0.05) is 111 Å². The monoisotopic (exact) mass is 648 g/mol. The van der Waals surface area contributed by atoms with E-state index < -0.39 is 0 Å². The summed E-state index contributed by atoms with van der Waals surface area (Å²) in [4.78, 5) is 5.03. The number of fused-ring (bicyclic) bond motifs is 11. The smallest absolute Gasteiger partial charge is 0.293 e.